The van der Waals surface area contributed by atoms with Crippen molar-refractivity contribution >= 4 is 191 Å². The molecule has 8 aliphatic heterocycles. The predicted octanol–water partition coefficient (Wildman–Crippen LogP) is 14.9. The number of benzene rings is 3. The van der Waals surface area contributed by atoms with Crippen LogP contribution in [0.15, 0.2) is 167 Å². The third kappa shape index (κ3) is 21.9. The molecule has 57 heteroatoms. The minimum atomic E-state index is -3.72. The number of aromatic nitrogens is 13. The van der Waals surface area contributed by atoms with E-state index in [9.17, 15) is 63.2 Å². The smallest absolute Gasteiger partial charge is 0.392 e. The number of ether oxygens (including phenoxy) is 7. The highest BCUT2D eigenvalue weighted by molar-refractivity contribution is 9.10. The van der Waals surface area contributed by atoms with Crippen LogP contribution in [0.2, 0.25) is 0 Å². The van der Waals surface area contributed by atoms with Gasteiger partial charge in [-0.15, -0.1) is 11.3 Å². The van der Waals surface area contributed by atoms with E-state index in [4.69, 9.17) is 96.7 Å². The molecule has 0 radical (unpaired) electrons. The molecule has 18 heterocycles. The Kier molecular flexibility index (Phi) is 30.7. The van der Waals surface area contributed by atoms with Crippen molar-refractivity contribution in [2.75, 3.05) is 61.2 Å². The van der Waals surface area contributed by atoms with Gasteiger partial charge in [-0.25, -0.2) is 63.1 Å². The molecule has 3 aromatic carbocycles. The average molecular weight is 2220 g/mol. The van der Waals surface area contributed by atoms with Crippen LogP contribution in [-0.4, -0.2) is 218 Å². The van der Waals surface area contributed by atoms with Crippen LogP contribution in [-0.2, 0) is 109 Å². The summed E-state index contributed by atoms with van der Waals surface area (Å²) in [6, 6.07) is 32.6. The summed E-state index contributed by atoms with van der Waals surface area (Å²) < 4.78 is 150. The fraction of sp³-hybridized carbons (Fsp3) is 0.402. The molecule has 0 saturated carbocycles. The van der Waals surface area contributed by atoms with Crippen LogP contribution < -0.4 is 27.7 Å². The minimum absolute atomic E-state index is 0.0323. The fourth-order valence-electron chi connectivity index (χ4n) is 15.9. The summed E-state index contributed by atoms with van der Waals surface area (Å²) in [5, 5.41) is 57.5. The maximum absolute atomic E-state index is 13.5. The van der Waals surface area contributed by atoms with Crippen LogP contribution in [0, 0.1) is 26.9 Å². The molecule has 8 saturated heterocycles. The van der Waals surface area contributed by atoms with Gasteiger partial charge in [-0.05, 0) is 139 Å². The molecule has 47 nitrogen and oxygen atoms in total. The number of nitro groups is 1. The summed E-state index contributed by atoms with van der Waals surface area (Å²) in [7, 11) is 0. The molecule has 144 heavy (non-hydrogen) atoms. The molecule has 10 aromatic heterocycles. The van der Waals surface area contributed by atoms with Crippen molar-refractivity contribution in [3.05, 3.63) is 184 Å². The summed E-state index contributed by atoms with van der Waals surface area (Å²) in [5.74, 6) is 0.747. The minimum Gasteiger partial charge on any atom is -0.472 e. The van der Waals surface area contributed by atoms with Crippen LogP contribution in [0.1, 0.15) is 91.4 Å². The van der Waals surface area contributed by atoms with Crippen molar-refractivity contribution in [3.8, 4) is 39.2 Å². The first kappa shape index (κ1) is 104. The van der Waals surface area contributed by atoms with Gasteiger partial charge in [0, 0.05) is 70.6 Å². The number of fused-ring (bicyclic) bond motifs is 8. The zero-order valence-corrected chi connectivity index (χ0v) is 86.5. The zero-order chi connectivity index (χ0) is 102. The second kappa shape index (κ2) is 42.5. The van der Waals surface area contributed by atoms with E-state index in [2.05, 4.69) is 60.8 Å². The number of halogens is 1. The van der Waals surface area contributed by atoms with Gasteiger partial charge >= 0.3 is 45.1 Å². The molecule has 0 amide bonds. The molecular weight excluding hydrogens is 2130 g/mol. The van der Waals surface area contributed by atoms with Gasteiger partial charge in [-0.3, -0.25) is 79.0 Å². The van der Waals surface area contributed by atoms with E-state index in [0.717, 1.165) is 61.5 Å². The molecule has 12 N–H and O–H groups in total. The predicted molar refractivity (Wildman–Crippen MR) is 532 cm³/mol. The lowest BCUT2D eigenvalue weighted by molar-refractivity contribution is -0.384. The second-order valence-corrected chi connectivity index (χ2v) is 53.4. The van der Waals surface area contributed by atoms with Crippen LogP contribution in [0.5, 0.6) is 5.75 Å². The van der Waals surface area contributed by atoms with Crippen LogP contribution >= 0.6 is 100.0 Å². The number of nitrogens with two attached hydrogens (primary N) is 4. The van der Waals surface area contributed by atoms with Crippen molar-refractivity contribution in [1.82, 2.24) is 63.1 Å². The Labute approximate surface area is 846 Å². The topological polar surface area (TPSA) is 635 Å². The second-order valence-electron chi connectivity index (χ2n) is 35.7. The summed E-state index contributed by atoms with van der Waals surface area (Å²) in [6.45, 7) is -1.07. The number of aliphatic hydroxyl groups excluding tert-OH is 4. The number of nitro benzene ring substituents is 1. The Morgan fingerprint density at radius 2 is 0.910 bits per heavy atom. The average Bonchev–Trinajstić information content (AvgIpc) is 1.59. The number of nitrogen functional groups attached to an aromatic ring is 4. The summed E-state index contributed by atoms with van der Waals surface area (Å²) >= 11 is 8.28. The van der Waals surface area contributed by atoms with Gasteiger partial charge in [0.15, 0.2) is 69.4 Å². The number of carbonyl (C=O) groups is 3. The van der Waals surface area contributed by atoms with Crippen LogP contribution in [0.4, 0.5) is 28.6 Å². The van der Waals surface area contributed by atoms with E-state index >= 15 is 0 Å². The number of hydrogen-bond acceptors (Lipinski definition) is 47. The number of non-ortho nitro benzene ring substituents is 1. The Bertz CT molecular complexity index is 7140. The number of nitrogens with zero attached hydrogens (tertiary/aromatic N) is 14. The normalized spacial score (nSPS) is 28.1. The first-order valence-corrected chi connectivity index (χ1v) is 58.5. The zero-order valence-electron chi connectivity index (χ0n) is 77.3. The number of anilines is 4. The maximum atomic E-state index is 13.5. The first-order chi connectivity index (χ1) is 68.6. The van der Waals surface area contributed by atoms with Gasteiger partial charge in [0.05, 0.1) is 81.9 Å². The number of pyridine rings is 3. The van der Waals surface area contributed by atoms with Gasteiger partial charge < -0.3 is 80.9 Å². The largest absolute Gasteiger partial charge is 0.472 e. The fourth-order valence-corrected chi connectivity index (χ4v) is 29.6. The van der Waals surface area contributed by atoms with E-state index in [1.165, 1.54) is 48.5 Å². The Hall–Kier alpha value is -9.78. The highest BCUT2D eigenvalue weighted by Gasteiger charge is 2.59. The summed E-state index contributed by atoms with van der Waals surface area (Å²) in [6.07, 6.45) is -6.06. The Balaban J connectivity index is 0.000000127. The molecule has 13 aromatic rings. The van der Waals surface area contributed by atoms with E-state index in [1.807, 2.05) is 47.8 Å². The standard InChI is InChI=1S/C25H26N5O8PS.C23H27N4O7PS.C21H25N4O7PS2.C18H17BrN5O7PS/c1-13(2)25(32)36-16-5-3-14(4-6-16)11-40-39(33)35-10-17-20(38-39)19(31)24(37-17)30-22(15-7-8-34-9-15)29-18-21(26)27-12-28-23(18)30;1-23(2,3)22(29)31-12-36-35(30)32-11-15-18(34-35)17(28)21(33-15)27-19(13-7-5-4-6-8-13)26-16-14(24)9-10-25-20(16)27;1-21(2,3)20(27)29-10-35-33(28)30-9-12-16(32-33)15(26)19(31-12)25-17(13-5-4-8-34-13)24-14-11(22)6-7-23-18(14)25;19-18-22-13-11(20)5-6-21-16(13)23(18)17-14(25)15-12(30-17)7-29-32(28,31-15)33-8-9-1-3-10(4-2-9)24(26)27/h3-9,12-13,17,19-20,24,31H,10-11H2,1-2H3,(H2,26,27,28);4-10,15,17-18,21,28H,11-12H2,1-3H3,(H2,24,25);4-8,12,15-16,19,26H,9-10H2,1-3H3,(H2,22,23);1-6,12,14-15,17,25H,7-8H2,(H2,20,21)/t17-,19?,20?,24-,39?;15-,17?,18?,21-,35?;12-,15?,16?,19-,33?;12-,14?,15?,17-,32?/m1111/s1. The van der Waals surface area contributed by atoms with E-state index in [0.29, 0.717) is 107 Å². The lowest BCUT2D eigenvalue weighted by Crippen LogP contribution is -2.39. The molecule has 8 fully saturated rings. The molecule has 0 aliphatic carbocycles. The van der Waals surface area contributed by atoms with Gasteiger partial charge in [-0.2, -0.15) is 0 Å². The number of imidazole rings is 4. The van der Waals surface area contributed by atoms with Crippen molar-refractivity contribution in [3.63, 3.8) is 0 Å². The highest BCUT2D eigenvalue weighted by atomic mass is 79.9. The van der Waals surface area contributed by atoms with Crippen LogP contribution in [0.25, 0.3) is 78.1 Å². The van der Waals surface area contributed by atoms with Crippen molar-refractivity contribution in [2.45, 2.75) is 165 Å². The molecular formula is C87H95BrN18O29P4S5. The number of furan rings is 1. The number of aliphatic hydroxyl groups is 4. The molecule has 12 unspecified atom stereocenters. The number of hydrogen-bond donors (Lipinski definition) is 8. The maximum Gasteiger partial charge on any atom is 0.392 e. The molecule has 764 valence electrons. The van der Waals surface area contributed by atoms with Crippen LogP contribution in [0.3, 0.4) is 0 Å². The van der Waals surface area contributed by atoms with E-state index in [1.54, 1.807) is 147 Å². The quantitative estimate of drug-likeness (QED) is 0.00780. The van der Waals surface area contributed by atoms with Gasteiger partial charge in [-0.1, -0.05) is 74.5 Å². The molecule has 20 atom stereocenters. The van der Waals surface area contributed by atoms with Gasteiger partial charge in [0.2, 0.25) is 0 Å². The van der Waals surface area contributed by atoms with Gasteiger partial charge in [0.1, 0.15) is 132 Å². The lowest BCUT2D eigenvalue weighted by atomic mass is 9.98. The van der Waals surface area contributed by atoms with Crippen molar-refractivity contribution in [2.24, 2.45) is 16.7 Å². The number of esters is 3. The lowest BCUT2D eigenvalue weighted by Gasteiger charge is -2.31. The van der Waals surface area contributed by atoms with Crippen molar-refractivity contribution in [1.29, 1.82) is 0 Å². The summed E-state index contributed by atoms with van der Waals surface area (Å²) in [5.41, 5.74) is 30.5. The number of rotatable bonds is 22. The number of thiophene rings is 1. The Morgan fingerprint density at radius 3 is 1.33 bits per heavy atom. The first-order valence-electron chi connectivity index (χ1n) is 44.3. The highest BCUT2D eigenvalue weighted by Crippen LogP contribution is 2.70. The SMILES string of the molecule is CC(C)(C)C(=O)OCSP1(=O)OC[C@H]2O[C@@H](n3c(-c4ccccc4)nc4c(N)ccnc43)C(O)C2O1.CC(C)(C)C(=O)OCSP1(=O)OC[C@H]2O[C@@H](n3c(-c4cccs4)nc4c(N)ccnc43)C(O)C2O1.CC(C)C(=O)Oc1ccc(CSP2(=O)OC[C@H]3O[C@@H](n4c(-c5ccoc5)nc5c(N)ncnc54)C(O)C3O2)cc1.Nc1ccnc2c1nc(Br)n2[C@@H]1O[C@@H]2COP(=O)(SCc3ccc([N+](=O)[O-])cc3)OC2C1O. The van der Waals surface area contributed by atoms with Crippen molar-refractivity contribution < 1.29 is 132 Å². The molecule has 8 aliphatic rings. The Morgan fingerprint density at radius 1 is 0.507 bits per heavy atom. The summed E-state index contributed by atoms with van der Waals surface area (Å²) in [4.78, 5) is 86.7. The molecule has 0 bridgehead atoms. The van der Waals surface area contributed by atoms with E-state index < -0.39 is 153 Å². The monoisotopic (exact) mass is 2220 g/mol. The number of carbonyl (C=O) groups excluding carboxylic acids is 3. The third-order valence-electron chi connectivity index (χ3n) is 23.3. The third-order valence-corrected chi connectivity index (χ3v) is 38.7. The molecule has 21 rings (SSSR count). The van der Waals surface area contributed by atoms with Gasteiger partial charge in [0.25, 0.3) is 5.69 Å². The molecule has 0 spiro atoms. The van der Waals surface area contributed by atoms with E-state index in [-0.39, 0.29) is 67.5 Å².